The summed E-state index contributed by atoms with van der Waals surface area (Å²) in [4.78, 5) is 22.6. The Balaban J connectivity index is 4.29. The van der Waals surface area contributed by atoms with Gasteiger partial charge in [0.2, 0.25) is 5.91 Å². The summed E-state index contributed by atoms with van der Waals surface area (Å²) in [5.74, 6) is -0.516. The van der Waals surface area contributed by atoms with Crippen LogP contribution in [-0.4, -0.2) is 29.6 Å². The summed E-state index contributed by atoms with van der Waals surface area (Å²) >= 11 is 0. The molecule has 0 aromatic heterocycles. The van der Waals surface area contributed by atoms with Crippen LogP contribution >= 0.6 is 0 Å². The smallest absolute Gasteiger partial charge is 0.303 e. The van der Waals surface area contributed by atoms with Gasteiger partial charge in [0.05, 0.1) is 6.04 Å². The maximum atomic E-state index is 11.8. The normalized spacial score (nSPS) is 15.9. The number of aliphatic carboxylic acids is 1. The number of carboxylic acid groups (broad SMARTS) is 1. The zero-order chi connectivity index (χ0) is 15.0. The van der Waals surface area contributed by atoms with Crippen LogP contribution in [0.1, 0.15) is 47.0 Å². The zero-order valence-corrected chi connectivity index (χ0v) is 12.5. The molecule has 0 aromatic carbocycles. The summed E-state index contributed by atoms with van der Waals surface area (Å²) in [6, 6.07) is -0.519. The van der Waals surface area contributed by atoms with E-state index >= 15 is 0 Å². The maximum Gasteiger partial charge on any atom is 0.303 e. The Morgan fingerprint density at radius 2 is 1.84 bits per heavy atom. The van der Waals surface area contributed by atoms with Gasteiger partial charge in [0.1, 0.15) is 0 Å². The van der Waals surface area contributed by atoms with Gasteiger partial charge in [-0.05, 0) is 24.2 Å². The van der Waals surface area contributed by atoms with Crippen molar-refractivity contribution in [3.05, 3.63) is 0 Å². The fourth-order valence-electron chi connectivity index (χ4n) is 2.03. The second-order valence-corrected chi connectivity index (χ2v) is 5.75. The van der Waals surface area contributed by atoms with Crippen LogP contribution in [0, 0.1) is 17.8 Å². The summed E-state index contributed by atoms with van der Waals surface area (Å²) in [5.41, 5.74) is 5.83. The Labute approximate surface area is 115 Å². The minimum absolute atomic E-state index is 0.0365. The summed E-state index contributed by atoms with van der Waals surface area (Å²) in [5, 5.41) is 11.6. The van der Waals surface area contributed by atoms with Gasteiger partial charge in [-0.2, -0.15) is 0 Å². The molecule has 0 aliphatic heterocycles. The topological polar surface area (TPSA) is 92.4 Å². The number of carbonyl (C=O) groups is 2. The first-order valence-corrected chi connectivity index (χ1v) is 7.02. The minimum atomic E-state index is -0.828. The van der Waals surface area contributed by atoms with Gasteiger partial charge in [-0.15, -0.1) is 0 Å². The lowest BCUT2D eigenvalue weighted by molar-refractivity contribution is -0.138. The van der Waals surface area contributed by atoms with Crippen molar-refractivity contribution >= 4 is 11.9 Å². The third kappa shape index (κ3) is 7.82. The van der Waals surface area contributed by atoms with E-state index in [1.807, 2.05) is 27.7 Å². The van der Waals surface area contributed by atoms with Crippen LogP contribution in [0.3, 0.4) is 0 Å². The van der Waals surface area contributed by atoms with Crippen LogP contribution in [0.2, 0.25) is 0 Å². The molecule has 0 saturated carbocycles. The van der Waals surface area contributed by atoms with E-state index in [9.17, 15) is 9.59 Å². The SMILES string of the molecule is CC[C@@H](C)[C@@H](N)C(=O)NC[C@H](CC(=O)O)CC(C)C. The second-order valence-electron chi connectivity index (χ2n) is 5.75. The van der Waals surface area contributed by atoms with E-state index in [1.165, 1.54) is 0 Å². The van der Waals surface area contributed by atoms with Crippen LogP contribution in [0.15, 0.2) is 0 Å². The second kappa shape index (κ2) is 8.91. The number of hydrogen-bond acceptors (Lipinski definition) is 3. The number of carboxylic acids is 1. The van der Waals surface area contributed by atoms with E-state index in [0.29, 0.717) is 12.5 Å². The van der Waals surface area contributed by atoms with Crippen molar-refractivity contribution in [2.24, 2.45) is 23.5 Å². The molecule has 112 valence electrons. The first kappa shape index (κ1) is 17.9. The molecule has 4 N–H and O–H groups in total. The van der Waals surface area contributed by atoms with Crippen molar-refractivity contribution in [2.75, 3.05) is 6.54 Å². The molecule has 5 heteroatoms. The highest BCUT2D eigenvalue weighted by Crippen LogP contribution is 2.15. The van der Waals surface area contributed by atoms with Gasteiger partial charge in [0.15, 0.2) is 0 Å². The fourth-order valence-corrected chi connectivity index (χ4v) is 2.03. The van der Waals surface area contributed by atoms with Crippen LogP contribution in [0.4, 0.5) is 0 Å². The van der Waals surface area contributed by atoms with Crippen LogP contribution in [0.25, 0.3) is 0 Å². The van der Waals surface area contributed by atoms with E-state index in [2.05, 4.69) is 5.32 Å². The highest BCUT2D eigenvalue weighted by atomic mass is 16.4. The van der Waals surface area contributed by atoms with Crippen molar-refractivity contribution in [3.63, 3.8) is 0 Å². The molecule has 0 fully saturated rings. The molecule has 0 aliphatic carbocycles. The van der Waals surface area contributed by atoms with Gasteiger partial charge < -0.3 is 16.2 Å². The highest BCUT2D eigenvalue weighted by Gasteiger charge is 2.21. The molecule has 0 unspecified atom stereocenters. The quantitative estimate of drug-likeness (QED) is 0.594. The lowest BCUT2D eigenvalue weighted by atomic mass is 9.93. The number of rotatable bonds is 9. The number of carbonyl (C=O) groups excluding carboxylic acids is 1. The zero-order valence-electron chi connectivity index (χ0n) is 12.5. The third-order valence-corrected chi connectivity index (χ3v) is 3.39. The van der Waals surface area contributed by atoms with Gasteiger partial charge in [-0.3, -0.25) is 9.59 Å². The number of amides is 1. The Kier molecular flexibility index (Phi) is 8.39. The molecule has 0 rings (SSSR count). The molecule has 19 heavy (non-hydrogen) atoms. The number of hydrogen-bond donors (Lipinski definition) is 3. The average molecular weight is 272 g/mol. The predicted molar refractivity (Wildman–Crippen MR) is 75.6 cm³/mol. The Morgan fingerprint density at radius 3 is 2.26 bits per heavy atom. The molecule has 0 radical (unpaired) electrons. The highest BCUT2D eigenvalue weighted by molar-refractivity contribution is 5.81. The van der Waals surface area contributed by atoms with Crippen LogP contribution in [0.5, 0.6) is 0 Å². The Bertz CT molecular complexity index is 292. The molecular weight excluding hydrogens is 244 g/mol. The average Bonchev–Trinajstić information content (AvgIpc) is 2.32. The first-order chi connectivity index (χ1) is 8.77. The van der Waals surface area contributed by atoms with Crippen molar-refractivity contribution in [1.29, 1.82) is 0 Å². The lowest BCUT2D eigenvalue weighted by Crippen LogP contribution is -2.46. The fraction of sp³-hybridized carbons (Fsp3) is 0.857. The molecule has 0 bridgehead atoms. The monoisotopic (exact) mass is 272 g/mol. The van der Waals surface area contributed by atoms with Crippen LogP contribution in [-0.2, 0) is 9.59 Å². The predicted octanol–water partition coefficient (Wildman–Crippen LogP) is 1.61. The molecule has 0 aromatic rings. The van der Waals surface area contributed by atoms with E-state index in [1.54, 1.807) is 0 Å². The lowest BCUT2D eigenvalue weighted by Gasteiger charge is -2.21. The molecule has 0 saturated heterocycles. The molecule has 0 spiro atoms. The standard InChI is InChI=1S/C14H28N2O3/c1-5-10(4)13(15)14(19)16-8-11(6-9(2)3)7-12(17)18/h9-11,13H,5-8,15H2,1-4H3,(H,16,19)(H,17,18)/t10-,11+,13-/m1/s1. The van der Waals surface area contributed by atoms with Gasteiger partial charge >= 0.3 is 5.97 Å². The molecular formula is C14H28N2O3. The van der Waals surface area contributed by atoms with Gasteiger partial charge in [0.25, 0.3) is 0 Å². The summed E-state index contributed by atoms with van der Waals surface area (Å²) < 4.78 is 0. The largest absolute Gasteiger partial charge is 0.481 e. The maximum absolute atomic E-state index is 11.8. The van der Waals surface area contributed by atoms with Gasteiger partial charge in [-0.25, -0.2) is 0 Å². The number of nitrogens with two attached hydrogens (primary N) is 1. The summed E-state index contributed by atoms with van der Waals surface area (Å²) in [6.45, 7) is 8.40. The van der Waals surface area contributed by atoms with Crippen molar-refractivity contribution in [3.8, 4) is 0 Å². The molecule has 5 nitrogen and oxygen atoms in total. The van der Waals surface area contributed by atoms with E-state index in [0.717, 1.165) is 12.8 Å². The van der Waals surface area contributed by atoms with Gasteiger partial charge in [-0.1, -0.05) is 34.1 Å². The summed E-state index contributed by atoms with van der Waals surface area (Å²) in [7, 11) is 0. The minimum Gasteiger partial charge on any atom is -0.481 e. The Morgan fingerprint density at radius 1 is 1.26 bits per heavy atom. The van der Waals surface area contributed by atoms with Crippen LogP contribution < -0.4 is 11.1 Å². The van der Waals surface area contributed by atoms with Crippen molar-refractivity contribution in [2.45, 2.75) is 53.0 Å². The van der Waals surface area contributed by atoms with Crippen molar-refractivity contribution < 1.29 is 14.7 Å². The van der Waals surface area contributed by atoms with E-state index < -0.39 is 12.0 Å². The number of nitrogens with one attached hydrogen (secondary N) is 1. The molecule has 3 atom stereocenters. The molecule has 1 amide bonds. The van der Waals surface area contributed by atoms with E-state index in [-0.39, 0.29) is 24.2 Å². The van der Waals surface area contributed by atoms with Gasteiger partial charge in [0, 0.05) is 13.0 Å². The molecule has 0 aliphatic rings. The van der Waals surface area contributed by atoms with Crippen molar-refractivity contribution in [1.82, 2.24) is 5.32 Å². The first-order valence-electron chi connectivity index (χ1n) is 7.02. The van der Waals surface area contributed by atoms with E-state index in [4.69, 9.17) is 10.8 Å². The Hall–Kier alpha value is -1.10. The summed E-state index contributed by atoms with van der Waals surface area (Å²) in [6.07, 6.45) is 1.71. The third-order valence-electron chi connectivity index (χ3n) is 3.39. The molecule has 0 heterocycles.